The Bertz CT molecular complexity index is 434. The van der Waals surface area contributed by atoms with Crippen LogP contribution in [0.5, 0.6) is 5.75 Å². The molecule has 4 nitrogen and oxygen atoms in total. The second-order valence-electron chi connectivity index (χ2n) is 2.87. The summed E-state index contributed by atoms with van der Waals surface area (Å²) in [7, 11) is 1.52. The largest absolute Gasteiger partial charge is 0.545 e. The SMILES string of the molecule is COc1ccc(C(=O)/C(Br)=C\C(=O)[O-])cc1. The third-order valence-corrected chi connectivity index (χ3v) is 2.40. The molecule has 0 aromatic heterocycles. The number of carbonyl (C=O) groups excluding carboxylic acids is 2. The number of hydrogen-bond acceptors (Lipinski definition) is 4. The zero-order valence-electron chi connectivity index (χ0n) is 8.40. The van der Waals surface area contributed by atoms with Crippen LogP contribution < -0.4 is 9.84 Å². The van der Waals surface area contributed by atoms with Crippen LogP contribution in [0.25, 0.3) is 0 Å². The van der Waals surface area contributed by atoms with Crippen molar-refractivity contribution in [3.63, 3.8) is 0 Å². The molecule has 0 saturated heterocycles. The number of carboxylic acid groups (broad SMARTS) is 1. The molecule has 0 aliphatic rings. The monoisotopic (exact) mass is 283 g/mol. The molecule has 16 heavy (non-hydrogen) atoms. The summed E-state index contributed by atoms with van der Waals surface area (Å²) >= 11 is 2.88. The standard InChI is InChI=1S/C11H9BrO4/c1-16-8-4-2-7(3-5-8)11(15)9(12)6-10(13)14/h2-6H,1H3,(H,13,14)/p-1/b9-6+. The van der Waals surface area contributed by atoms with Crippen molar-refractivity contribution in [1.29, 1.82) is 0 Å². The van der Waals surface area contributed by atoms with Crippen LogP contribution in [-0.4, -0.2) is 18.9 Å². The molecule has 0 saturated carbocycles. The molecule has 84 valence electrons. The Morgan fingerprint density at radius 1 is 1.31 bits per heavy atom. The van der Waals surface area contributed by atoms with Crippen molar-refractivity contribution in [3.8, 4) is 5.75 Å². The summed E-state index contributed by atoms with van der Waals surface area (Å²) in [4.78, 5) is 21.9. The average molecular weight is 284 g/mol. The number of halogens is 1. The lowest BCUT2D eigenvalue weighted by Gasteiger charge is -2.02. The van der Waals surface area contributed by atoms with Crippen molar-refractivity contribution in [1.82, 2.24) is 0 Å². The van der Waals surface area contributed by atoms with E-state index in [0.717, 1.165) is 0 Å². The molecule has 1 aromatic carbocycles. The van der Waals surface area contributed by atoms with Gasteiger partial charge in [0.25, 0.3) is 0 Å². The highest BCUT2D eigenvalue weighted by Gasteiger charge is 2.09. The number of allylic oxidation sites excluding steroid dienone is 1. The normalized spacial score (nSPS) is 11.0. The minimum atomic E-state index is -1.42. The summed E-state index contributed by atoms with van der Waals surface area (Å²) in [5.74, 6) is -1.22. The molecule has 0 bridgehead atoms. The van der Waals surface area contributed by atoms with Crippen LogP contribution in [0.15, 0.2) is 34.8 Å². The van der Waals surface area contributed by atoms with E-state index in [1.807, 2.05) is 0 Å². The van der Waals surface area contributed by atoms with Gasteiger partial charge in [0.1, 0.15) is 5.75 Å². The highest BCUT2D eigenvalue weighted by molar-refractivity contribution is 9.12. The first kappa shape index (κ1) is 12.4. The molecule has 0 aliphatic heterocycles. The average Bonchev–Trinajstić information content (AvgIpc) is 2.27. The Morgan fingerprint density at radius 3 is 2.31 bits per heavy atom. The zero-order valence-corrected chi connectivity index (χ0v) is 9.98. The van der Waals surface area contributed by atoms with E-state index in [1.54, 1.807) is 24.3 Å². The van der Waals surface area contributed by atoms with Crippen molar-refractivity contribution in [2.45, 2.75) is 0 Å². The van der Waals surface area contributed by atoms with Crippen LogP contribution in [0.3, 0.4) is 0 Å². The van der Waals surface area contributed by atoms with E-state index in [4.69, 9.17) is 4.74 Å². The molecule has 1 rings (SSSR count). The molecular formula is C11H8BrO4-. The van der Waals surface area contributed by atoms with Crippen LogP contribution in [0.4, 0.5) is 0 Å². The molecule has 0 N–H and O–H groups in total. The van der Waals surface area contributed by atoms with Crippen LogP contribution in [0.1, 0.15) is 10.4 Å². The summed E-state index contributed by atoms with van der Waals surface area (Å²) < 4.78 is 4.87. The zero-order chi connectivity index (χ0) is 12.1. The molecule has 1 aromatic rings. The molecule has 0 fully saturated rings. The van der Waals surface area contributed by atoms with Gasteiger partial charge < -0.3 is 14.6 Å². The molecule has 0 aliphatic carbocycles. The second kappa shape index (κ2) is 5.46. The number of aliphatic carboxylic acids is 1. The Kier molecular flexibility index (Phi) is 4.25. The van der Waals surface area contributed by atoms with E-state index in [0.29, 0.717) is 17.4 Å². The van der Waals surface area contributed by atoms with E-state index in [9.17, 15) is 14.7 Å². The lowest BCUT2D eigenvalue weighted by molar-refractivity contribution is -0.297. The molecular weight excluding hydrogens is 276 g/mol. The predicted molar refractivity (Wildman–Crippen MR) is 59.3 cm³/mol. The van der Waals surface area contributed by atoms with Crippen LogP contribution >= 0.6 is 15.9 Å². The highest BCUT2D eigenvalue weighted by atomic mass is 79.9. The number of carboxylic acids is 1. The maximum absolute atomic E-state index is 11.6. The van der Waals surface area contributed by atoms with Crippen LogP contribution in [0, 0.1) is 0 Å². The molecule has 0 amide bonds. The van der Waals surface area contributed by atoms with Gasteiger partial charge in [-0.25, -0.2) is 0 Å². The van der Waals surface area contributed by atoms with Gasteiger partial charge >= 0.3 is 0 Å². The number of Topliss-reactive ketones (excluding diaryl/α,β-unsaturated/α-hetero) is 1. The molecule has 0 radical (unpaired) electrons. The first-order chi connectivity index (χ1) is 7.54. The number of hydrogen-bond donors (Lipinski definition) is 0. The molecule has 0 unspecified atom stereocenters. The van der Waals surface area contributed by atoms with Gasteiger partial charge in [0.2, 0.25) is 0 Å². The maximum atomic E-state index is 11.6. The summed E-state index contributed by atoms with van der Waals surface area (Å²) in [6, 6.07) is 6.33. The van der Waals surface area contributed by atoms with Gasteiger partial charge in [-0.15, -0.1) is 0 Å². The third kappa shape index (κ3) is 3.20. The molecule has 0 heterocycles. The van der Waals surface area contributed by atoms with Crippen LogP contribution in [-0.2, 0) is 4.79 Å². The number of benzene rings is 1. The fourth-order valence-corrected chi connectivity index (χ4v) is 1.47. The third-order valence-electron chi connectivity index (χ3n) is 1.81. The molecule has 5 heteroatoms. The van der Waals surface area contributed by atoms with E-state index < -0.39 is 11.8 Å². The van der Waals surface area contributed by atoms with E-state index in [2.05, 4.69) is 15.9 Å². The lowest BCUT2D eigenvalue weighted by atomic mass is 10.1. The fourth-order valence-electron chi connectivity index (χ4n) is 1.05. The highest BCUT2D eigenvalue weighted by Crippen LogP contribution is 2.17. The van der Waals surface area contributed by atoms with Gasteiger partial charge in [-0.05, 0) is 46.3 Å². The smallest absolute Gasteiger partial charge is 0.200 e. The summed E-state index contributed by atoms with van der Waals surface area (Å²) in [6.45, 7) is 0. The Morgan fingerprint density at radius 2 is 1.88 bits per heavy atom. The lowest BCUT2D eigenvalue weighted by Crippen LogP contribution is -2.20. The minimum Gasteiger partial charge on any atom is -0.545 e. The van der Waals surface area contributed by atoms with Crippen molar-refractivity contribution >= 4 is 27.7 Å². The fraction of sp³-hybridized carbons (Fsp3) is 0.0909. The van der Waals surface area contributed by atoms with Crippen molar-refractivity contribution in [2.24, 2.45) is 0 Å². The summed E-state index contributed by atoms with van der Waals surface area (Å²) in [5, 5.41) is 10.3. The molecule has 0 atom stereocenters. The summed E-state index contributed by atoms with van der Waals surface area (Å²) in [6.07, 6.45) is 0.701. The number of methoxy groups -OCH3 is 1. The van der Waals surface area contributed by atoms with Gasteiger partial charge in [0.15, 0.2) is 5.78 Å². The van der Waals surface area contributed by atoms with E-state index in [1.165, 1.54) is 7.11 Å². The topological polar surface area (TPSA) is 66.4 Å². The maximum Gasteiger partial charge on any atom is 0.200 e. The summed E-state index contributed by atoms with van der Waals surface area (Å²) in [5.41, 5.74) is 0.366. The first-order valence-electron chi connectivity index (χ1n) is 4.31. The van der Waals surface area contributed by atoms with Gasteiger partial charge in [0.05, 0.1) is 17.6 Å². The Labute approximate surface area is 101 Å². The van der Waals surface area contributed by atoms with Gasteiger partial charge in [-0.2, -0.15) is 0 Å². The number of ether oxygens (including phenoxy) is 1. The van der Waals surface area contributed by atoms with Gasteiger partial charge in [0, 0.05) is 5.56 Å². The number of ketones is 1. The van der Waals surface area contributed by atoms with Gasteiger partial charge in [-0.3, -0.25) is 4.79 Å². The second-order valence-corrected chi connectivity index (χ2v) is 3.72. The minimum absolute atomic E-state index is 0.0577. The Balaban J connectivity index is 2.92. The van der Waals surface area contributed by atoms with Crippen molar-refractivity contribution in [2.75, 3.05) is 7.11 Å². The van der Waals surface area contributed by atoms with Crippen molar-refractivity contribution < 1.29 is 19.4 Å². The predicted octanol–water partition coefficient (Wildman–Crippen LogP) is 0.907. The number of carbonyl (C=O) groups is 2. The van der Waals surface area contributed by atoms with Crippen molar-refractivity contribution in [3.05, 3.63) is 40.4 Å². The molecule has 0 spiro atoms. The van der Waals surface area contributed by atoms with Crippen LogP contribution in [0.2, 0.25) is 0 Å². The Hall–Kier alpha value is -1.62. The van der Waals surface area contributed by atoms with E-state index in [-0.39, 0.29) is 4.48 Å². The van der Waals surface area contributed by atoms with Gasteiger partial charge in [-0.1, -0.05) is 0 Å². The van der Waals surface area contributed by atoms with E-state index >= 15 is 0 Å². The first-order valence-corrected chi connectivity index (χ1v) is 5.11. The quantitative estimate of drug-likeness (QED) is 0.608. The number of rotatable bonds is 4.